The smallest absolute Gasteiger partial charge is 0.341 e. The van der Waals surface area contributed by atoms with E-state index in [2.05, 4.69) is 0 Å². The van der Waals surface area contributed by atoms with E-state index >= 15 is 0 Å². The van der Waals surface area contributed by atoms with Crippen LogP contribution < -0.4 is 4.74 Å². The van der Waals surface area contributed by atoms with E-state index in [1.54, 1.807) is 31.2 Å². The lowest BCUT2D eigenvalue weighted by molar-refractivity contribution is 0.0523. The number of carbonyl (C=O) groups excluding carboxylic acids is 1. The molecule has 0 aliphatic carbocycles. The number of hydrogen-bond donors (Lipinski definition) is 0. The highest BCUT2D eigenvalue weighted by molar-refractivity contribution is 5.92. The maximum absolute atomic E-state index is 12.8. The van der Waals surface area contributed by atoms with Gasteiger partial charge in [0.05, 0.1) is 6.61 Å². The summed E-state index contributed by atoms with van der Waals surface area (Å²) in [5, 5.41) is 0. The molecule has 3 nitrogen and oxygen atoms in total. The molecule has 0 aromatic heterocycles. The SMILES string of the molecule is CCOC(=O)c1ccccc1Oc1ccc(F)cc1. The second-order valence-electron chi connectivity index (χ2n) is 3.77. The van der Waals surface area contributed by atoms with Gasteiger partial charge in [0.25, 0.3) is 0 Å². The van der Waals surface area contributed by atoms with Crippen LogP contribution in [-0.2, 0) is 4.74 Å². The lowest BCUT2D eigenvalue weighted by Gasteiger charge is -2.10. The fourth-order valence-electron chi connectivity index (χ4n) is 1.56. The van der Waals surface area contributed by atoms with Gasteiger partial charge in [-0.15, -0.1) is 0 Å². The van der Waals surface area contributed by atoms with Gasteiger partial charge >= 0.3 is 5.97 Å². The van der Waals surface area contributed by atoms with Crippen LogP contribution in [0, 0.1) is 5.82 Å². The zero-order valence-corrected chi connectivity index (χ0v) is 10.4. The van der Waals surface area contributed by atoms with Crippen LogP contribution in [0.3, 0.4) is 0 Å². The van der Waals surface area contributed by atoms with Gasteiger partial charge in [0.15, 0.2) is 0 Å². The van der Waals surface area contributed by atoms with E-state index in [4.69, 9.17) is 9.47 Å². The van der Waals surface area contributed by atoms with Crippen molar-refractivity contribution in [3.05, 3.63) is 59.9 Å². The number of halogens is 1. The molecule has 0 atom stereocenters. The third kappa shape index (κ3) is 3.31. The van der Waals surface area contributed by atoms with Gasteiger partial charge in [0.1, 0.15) is 22.9 Å². The van der Waals surface area contributed by atoms with Crippen molar-refractivity contribution in [2.75, 3.05) is 6.61 Å². The van der Waals surface area contributed by atoms with Crippen molar-refractivity contribution in [1.29, 1.82) is 0 Å². The third-order valence-corrected chi connectivity index (χ3v) is 2.42. The quantitative estimate of drug-likeness (QED) is 0.784. The van der Waals surface area contributed by atoms with Crippen LogP contribution in [0.15, 0.2) is 48.5 Å². The molecular formula is C15H13FO3. The number of rotatable bonds is 4. The Labute approximate surface area is 110 Å². The van der Waals surface area contributed by atoms with Crippen LogP contribution in [0.1, 0.15) is 17.3 Å². The fraction of sp³-hybridized carbons (Fsp3) is 0.133. The Morgan fingerprint density at radius 3 is 2.47 bits per heavy atom. The van der Waals surface area contributed by atoms with Gasteiger partial charge in [-0.1, -0.05) is 12.1 Å². The predicted molar refractivity (Wildman–Crippen MR) is 68.9 cm³/mol. The Morgan fingerprint density at radius 1 is 1.11 bits per heavy atom. The molecule has 98 valence electrons. The Balaban J connectivity index is 2.24. The van der Waals surface area contributed by atoms with Crippen molar-refractivity contribution in [2.45, 2.75) is 6.92 Å². The van der Waals surface area contributed by atoms with Crippen molar-refractivity contribution in [1.82, 2.24) is 0 Å². The highest BCUT2D eigenvalue weighted by Crippen LogP contribution is 2.25. The minimum absolute atomic E-state index is 0.295. The van der Waals surface area contributed by atoms with E-state index in [0.717, 1.165) is 0 Å². The molecule has 0 amide bonds. The van der Waals surface area contributed by atoms with Gasteiger partial charge in [-0.2, -0.15) is 0 Å². The van der Waals surface area contributed by atoms with E-state index in [-0.39, 0.29) is 5.82 Å². The number of esters is 1. The van der Waals surface area contributed by atoms with Crippen molar-refractivity contribution in [3.63, 3.8) is 0 Å². The Kier molecular flexibility index (Phi) is 4.13. The first-order valence-corrected chi connectivity index (χ1v) is 5.90. The minimum Gasteiger partial charge on any atom is -0.462 e. The van der Waals surface area contributed by atoms with Crippen LogP contribution in [0.25, 0.3) is 0 Å². The summed E-state index contributed by atoms with van der Waals surface area (Å²) < 4.78 is 23.3. The summed E-state index contributed by atoms with van der Waals surface area (Å²) in [7, 11) is 0. The summed E-state index contributed by atoms with van der Waals surface area (Å²) in [6.07, 6.45) is 0. The summed E-state index contributed by atoms with van der Waals surface area (Å²) in [5.41, 5.74) is 0.341. The molecule has 0 unspecified atom stereocenters. The van der Waals surface area contributed by atoms with E-state index in [9.17, 15) is 9.18 Å². The zero-order chi connectivity index (χ0) is 13.7. The Bertz CT molecular complexity index is 564. The lowest BCUT2D eigenvalue weighted by Crippen LogP contribution is -2.06. The van der Waals surface area contributed by atoms with Crippen molar-refractivity contribution >= 4 is 5.97 Å². The summed E-state index contributed by atoms with van der Waals surface area (Å²) in [6, 6.07) is 12.3. The third-order valence-electron chi connectivity index (χ3n) is 2.42. The highest BCUT2D eigenvalue weighted by Gasteiger charge is 2.13. The molecule has 4 heteroatoms. The number of benzene rings is 2. The van der Waals surface area contributed by atoms with E-state index < -0.39 is 5.97 Å². The molecule has 0 saturated heterocycles. The molecule has 0 fully saturated rings. The molecule has 2 aromatic carbocycles. The largest absolute Gasteiger partial charge is 0.462 e. The molecule has 2 rings (SSSR count). The standard InChI is InChI=1S/C15H13FO3/c1-2-18-15(17)13-5-3-4-6-14(13)19-12-9-7-11(16)8-10-12/h3-10H,2H2,1H3. The Hall–Kier alpha value is -2.36. The molecule has 0 aliphatic rings. The monoisotopic (exact) mass is 260 g/mol. The van der Waals surface area contributed by atoms with Crippen molar-refractivity contribution in [2.24, 2.45) is 0 Å². The van der Waals surface area contributed by atoms with Gasteiger partial charge in [-0.25, -0.2) is 9.18 Å². The molecule has 0 heterocycles. The highest BCUT2D eigenvalue weighted by atomic mass is 19.1. The van der Waals surface area contributed by atoms with Gasteiger partial charge in [0.2, 0.25) is 0 Å². The van der Waals surface area contributed by atoms with Gasteiger partial charge in [0, 0.05) is 0 Å². The first kappa shape index (κ1) is 13.1. The summed E-state index contributed by atoms with van der Waals surface area (Å²) in [5.74, 6) is 0.0527. The van der Waals surface area contributed by atoms with E-state index in [1.165, 1.54) is 24.3 Å². The van der Waals surface area contributed by atoms with Gasteiger partial charge in [-0.05, 0) is 43.3 Å². The maximum atomic E-state index is 12.8. The second kappa shape index (κ2) is 6.00. The molecule has 2 aromatic rings. The van der Waals surface area contributed by atoms with Crippen molar-refractivity contribution in [3.8, 4) is 11.5 Å². The normalized spacial score (nSPS) is 10.0. The average Bonchev–Trinajstić information content (AvgIpc) is 2.42. The summed E-state index contributed by atoms with van der Waals surface area (Å²) in [6.45, 7) is 2.03. The molecule has 0 bridgehead atoms. The first-order chi connectivity index (χ1) is 9.20. The summed E-state index contributed by atoms with van der Waals surface area (Å²) >= 11 is 0. The van der Waals surface area contributed by atoms with E-state index in [0.29, 0.717) is 23.7 Å². The predicted octanol–water partition coefficient (Wildman–Crippen LogP) is 3.79. The molecule has 0 saturated carbocycles. The molecular weight excluding hydrogens is 247 g/mol. The second-order valence-corrected chi connectivity index (χ2v) is 3.77. The van der Waals surface area contributed by atoms with Gasteiger partial charge in [-0.3, -0.25) is 0 Å². The molecule has 19 heavy (non-hydrogen) atoms. The van der Waals surface area contributed by atoms with Crippen LogP contribution in [-0.4, -0.2) is 12.6 Å². The number of para-hydroxylation sites is 1. The minimum atomic E-state index is -0.444. The zero-order valence-electron chi connectivity index (χ0n) is 10.4. The van der Waals surface area contributed by atoms with Crippen LogP contribution in [0.4, 0.5) is 4.39 Å². The van der Waals surface area contributed by atoms with Crippen LogP contribution in [0.2, 0.25) is 0 Å². The van der Waals surface area contributed by atoms with Crippen LogP contribution in [0.5, 0.6) is 11.5 Å². The summed E-state index contributed by atoms with van der Waals surface area (Å²) in [4.78, 5) is 11.7. The Morgan fingerprint density at radius 2 is 1.79 bits per heavy atom. The lowest BCUT2D eigenvalue weighted by atomic mass is 10.2. The molecule has 0 radical (unpaired) electrons. The van der Waals surface area contributed by atoms with Gasteiger partial charge < -0.3 is 9.47 Å². The average molecular weight is 260 g/mol. The molecule has 0 spiro atoms. The molecule has 0 aliphatic heterocycles. The van der Waals surface area contributed by atoms with E-state index in [1.807, 2.05) is 0 Å². The van der Waals surface area contributed by atoms with Crippen LogP contribution >= 0.6 is 0 Å². The fourth-order valence-corrected chi connectivity index (χ4v) is 1.56. The molecule has 0 N–H and O–H groups in total. The number of hydrogen-bond acceptors (Lipinski definition) is 3. The number of carbonyl (C=O) groups is 1. The maximum Gasteiger partial charge on any atom is 0.341 e. The number of ether oxygens (including phenoxy) is 2. The first-order valence-electron chi connectivity index (χ1n) is 5.90. The van der Waals surface area contributed by atoms with Crippen molar-refractivity contribution < 1.29 is 18.7 Å². The topological polar surface area (TPSA) is 35.5 Å².